The van der Waals surface area contributed by atoms with Crippen LogP contribution in [0.3, 0.4) is 0 Å². The van der Waals surface area contributed by atoms with Crippen molar-refractivity contribution >= 4 is 29.3 Å². The molecule has 0 radical (unpaired) electrons. The van der Waals surface area contributed by atoms with Crippen molar-refractivity contribution in [3.05, 3.63) is 88.5 Å². The van der Waals surface area contributed by atoms with Crippen LogP contribution < -0.4 is 10.6 Å². The normalized spacial score (nSPS) is 15.6. The number of thioether (sulfide) groups is 1. The van der Waals surface area contributed by atoms with Crippen LogP contribution in [0.5, 0.6) is 0 Å². The Bertz CT molecular complexity index is 1110. The molecule has 2 heterocycles. The minimum atomic E-state index is -0.740. The summed E-state index contributed by atoms with van der Waals surface area (Å²) >= 11 is 1.19. The van der Waals surface area contributed by atoms with Gasteiger partial charge in [0.2, 0.25) is 5.91 Å². The molecule has 32 heavy (non-hydrogen) atoms. The molecule has 0 saturated heterocycles. The van der Waals surface area contributed by atoms with Crippen LogP contribution in [0, 0.1) is 18.3 Å². The lowest BCUT2D eigenvalue weighted by Gasteiger charge is -2.27. The van der Waals surface area contributed by atoms with Crippen molar-refractivity contribution in [3.8, 4) is 6.07 Å². The quantitative estimate of drug-likeness (QED) is 0.455. The van der Waals surface area contributed by atoms with E-state index in [1.807, 2.05) is 31.2 Å². The Hall–Kier alpha value is -3.70. The molecule has 0 unspecified atom stereocenters. The summed E-state index contributed by atoms with van der Waals surface area (Å²) in [6, 6.07) is 13.1. The predicted octanol–water partition coefficient (Wildman–Crippen LogP) is 4.39. The number of ether oxygens (including phenoxy) is 1. The maximum Gasteiger partial charge on any atom is 0.337 e. The van der Waals surface area contributed by atoms with E-state index in [4.69, 9.17) is 9.15 Å². The molecule has 0 spiro atoms. The minimum Gasteiger partial charge on any atom is -0.468 e. The van der Waals surface area contributed by atoms with E-state index in [1.165, 1.54) is 24.1 Å². The highest BCUT2D eigenvalue weighted by molar-refractivity contribution is 8.03. The molecule has 1 aliphatic heterocycles. The number of amides is 1. The zero-order valence-electron chi connectivity index (χ0n) is 17.8. The minimum absolute atomic E-state index is 0.0485. The predicted molar refractivity (Wildman–Crippen MR) is 123 cm³/mol. The molecule has 0 fully saturated rings. The highest BCUT2D eigenvalue weighted by Gasteiger charge is 2.37. The molecule has 1 amide bonds. The van der Waals surface area contributed by atoms with Crippen LogP contribution in [0.1, 0.15) is 24.2 Å². The van der Waals surface area contributed by atoms with Crippen molar-refractivity contribution in [1.82, 2.24) is 5.32 Å². The standard InChI is InChI=1S/C24H23N3O4S/c1-4-11-31-24(29)21-16(3)26-23(18(13-25)22(21)19-6-5-12-30-19)32-14-20(28)27-17-9-7-15(2)8-10-17/h4-10,12,22,26H,1,11,14H2,2-3H3,(H,27,28)/t22-/m1/s1. The van der Waals surface area contributed by atoms with Gasteiger partial charge in [-0.2, -0.15) is 5.26 Å². The zero-order valence-corrected chi connectivity index (χ0v) is 18.6. The van der Waals surface area contributed by atoms with Crippen molar-refractivity contribution < 1.29 is 18.7 Å². The summed E-state index contributed by atoms with van der Waals surface area (Å²) in [7, 11) is 0. The molecule has 7 nitrogen and oxygen atoms in total. The average molecular weight is 450 g/mol. The van der Waals surface area contributed by atoms with Gasteiger partial charge in [0, 0.05) is 11.4 Å². The lowest BCUT2D eigenvalue weighted by atomic mass is 9.86. The third-order valence-electron chi connectivity index (χ3n) is 4.71. The molecule has 3 rings (SSSR count). The topological polar surface area (TPSA) is 104 Å². The summed E-state index contributed by atoms with van der Waals surface area (Å²) in [4.78, 5) is 25.2. The fraction of sp³-hybridized carbons (Fsp3) is 0.208. The SMILES string of the molecule is C=CCOC(=O)C1=C(C)NC(SCC(=O)Nc2ccc(C)cc2)=C(C#N)[C@@H]1c1ccco1. The largest absolute Gasteiger partial charge is 0.468 e. The molecule has 1 atom stereocenters. The number of nitrogens with one attached hydrogen (secondary N) is 2. The lowest BCUT2D eigenvalue weighted by molar-refractivity contribution is -0.138. The Balaban J connectivity index is 1.83. The Morgan fingerprint density at radius 2 is 2.06 bits per heavy atom. The first kappa shape index (κ1) is 23.0. The van der Waals surface area contributed by atoms with Gasteiger partial charge in [-0.1, -0.05) is 42.1 Å². The van der Waals surface area contributed by atoms with E-state index in [1.54, 1.807) is 19.1 Å². The number of hydrogen-bond donors (Lipinski definition) is 2. The Kier molecular flexibility index (Phi) is 7.58. The molecule has 0 bridgehead atoms. The summed E-state index contributed by atoms with van der Waals surface area (Å²) < 4.78 is 10.8. The van der Waals surface area contributed by atoms with Crippen LogP contribution in [-0.2, 0) is 14.3 Å². The molecule has 1 aromatic carbocycles. The number of anilines is 1. The smallest absolute Gasteiger partial charge is 0.337 e. The number of aryl methyl sites for hydroxylation is 1. The fourth-order valence-corrected chi connectivity index (χ4v) is 4.11. The average Bonchev–Trinajstić information content (AvgIpc) is 3.31. The van der Waals surface area contributed by atoms with Gasteiger partial charge >= 0.3 is 5.97 Å². The van der Waals surface area contributed by atoms with Gasteiger partial charge in [0.15, 0.2) is 0 Å². The number of dihydropyridines is 1. The number of carbonyl (C=O) groups is 2. The Morgan fingerprint density at radius 3 is 2.69 bits per heavy atom. The summed E-state index contributed by atoms with van der Waals surface area (Å²) in [5.41, 5.74) is 2.89. The number of furan rings is 1. The lowest BCUT2D eigenvalue weighted by Crippen LogP contribution is -2.29. The van der Waals surface area contributed by atoms with Crippen molar-refractivity contribution in [1.29, 1.82) is 5.26 Å². The molecule has 2 aromatic rings. The molecule has 8 heteroatoms. The van der Waals surface area contributed by atoms with Crippen LogP contribution in [0.2, 0.25) is 0 Å². The van der Waals surface area contributed by atoms with Crippen molar-refractivity contribution in [2.45, 2.75) is 19.8 Å². The van der Waals surface area contributed by atoms with Crippen molar-refractivity contribution in [3.63, 3.8) is 0 Å². The number of esters is 1. The number of rotatable bonds is 8. The monoisotopic (exact) mass is 449 g/mol. The first-order chi connectivity index (χ1) is 15.4. The summed E-state index contributed by atoms with van der Waals surface area (Å²) in [5, 5.41) is 16.3. The zero-order chi connectivity index (χ0) is 23.1. The van der Waals surface area contributed by atoms with Crippen LogP contribution >= 0.6 is 11.8 Å². The van der Waals surface area contributed by atoms with E-state index in [0.29, 0.717) is 22.2 Å². The van der Waals surface area contributed by atoms with E-state index < -0.39 is 11.9 Å². The third-order valence-corrected chi connectivity index (χ3v) is 5.73. The van der Waals surface area contributed by atoms with Gasteiger partial charge < -0.3 is 19.8 Å². The second kappa shape index (κ2) is 10.6. The van der Waals surface area contributed by atoms with Gasteiger partial charge in [-0.3, -0.25) is 4.79 Å². The number of nitrogens with zero attached hydrogens (tertiary/aromatic N) is 1. The van der Waals surface area contributed by atoms with Gasteiger partial charge in [-0.05, 0) is 38.1 Å². The van der Waals surface area contributed by atoms with E-state index in [2.05, 4.69) is 23.3 Å². The number of carbonyl (C=O) groups excluding carboxylic acids is 2. The highest BCUT2D eigenvalue weighted by Crippen LogP contribution is 2.41. The van der Waals surface area contributed by atoms with Gasteiger partial charge in [0.05, 0.1) is 40.2 Å². The van der Waals surface area contributed by atoms with Crippen molar-refractivity contribution in [2.24, 2.45) is 0 Å². The summed E-state index contributed by atoms with van der Waals surface area (Å²) in [6.45, 7) is 7.30. The van der Waals surface area contributed by atoms with E-state index in [0.717, 1.165) is 5.56 Å². The number of benzene rings is 1. The number of allylic oxidation sites excluding steroid dienone is 2. The van der Waals surface area contributed by atoms with Crippen LogP contribution in [0.25, 0.3) is 0 Å². The maximum atomic E-state index is 12.7. The number of nitriles is 1. The molecule has 2 N–H and O–H groups in total. The highest BCUT2D eigenvalue weighted by atomic mass is 32.2. The molecule has 164 valence electrons. The van der Waals surface area contributed by atoms with Crippen LogP contribution in [-0.4, -0.2) is 24.2 Å². The molecular weight excluding hydrogens is 426 g/mol. The van der Waals surface area contributed by atoms with Crippen molar-refractivity contribution in [2.75, 3.05) is 17.7 Å². The molecule has 0 aliphatic carbocycles. The van der Waals surface area contributed by atoms with Gasteiger partial charge in [0.1, 0.15) is 12.4 Å². The van der Waals surface area contributed by atoms with Gasteiger partial charge in [-0.25, -0.2) is 4.79 Å². The molecule has 0 saturated carbocycles. The third kappa shape index (κ3) is 5.31. The second-order valence-corrected chi connectivity index (χ2v) is 8.04. The van der Waals surface area contributed by atoms with Gasteiger partial charge in [0.25, 0.3) is 0 Å². The number of hydrogen-bond acceptors (Lipinski definition) is 7. The van der Waals surface area contributed by atoms with Crippen LogP contribution in [0.15, 0.2) is 81.6 Å². The first-order valence-electron chi connectivity index (χ1n) is 9.87. The molecule has 1 aromatic heterocycles. The van der Waals surface area contributed by atoms with E-state index >= 15 is 0 Å². The molecular formula is C24H23N3O4S. The van der Waals surface area contributed by atoms with Crippen LogP contribution in [0.4, 0.5) is 5.69 Å². The summed E-state index contributed by atoms with van der Waals surface area (Å²) in [6.07, 6.45) is 2.96. The van der Waals surface area contributed by atoms with E-state index in [9.17, 15) is 14.9 Å². The summed E-state index contributed by atoms with van der Waals surface area (Å²) in [5.74, 6) is -0.995. The second-order valence-electron chi connectivity index (χ2n) is 7.06. The van der Waals surface area contributed by atoms with E-state index in [-0.39, 0.29) is 29.4 Å². The maximum absolute atomic E-state index is 12.7. The fourth-order valence-electron chi connectivity index (χ4n) is 3.22. The Labute approximate surface area is 190 Å². The first-order valence-corrected chi connectivity index (χ1v) is 10.9. The molecule has 1 aliphatic rings. The Morgan fingerprint density at radius 1 is 1.31 bits per heavy atom. The van der Waals surface area contributed by atoms with Gasteiger partial charge in [-0.15, -0.1) is 0 Å².